The van der Waals surface area contributed by atoms with Gasteiger partial charge in [0.2, 0.25) is 0 Å². The zero-order chi connectivity index (χ0) is 12.8. The molecule has 0 spiro atoms. The first-order valence-corrected chi connectivity index (χ1v) is 6.39. The molecular weight excluding hydrogens is 206 g/mol. The Morgan fingerprint density at radius 3 is 2.00 bits per heavy atom. The SMILES string of the molecule is CC(C)c1cccc(C(C)C)c1C#CCCN. The van der Waals surface area contributed by atoms with Crippen molar-refractivity contribution in [2.45, 2.75) is 46.0 Å². The van der Waals surface area contributed by atoms with Crippen LogP contribution in [0.15, 0.2) is 18.2 Å². The van der Waals surface area contributed by atoms with E-state index in [1.165, 1.54) is 16.7 Å². The fourth-order valence-corrected chi connectivity index (χ4v) is 1.92. The number of nitrogens with two attached hydrogens (primary N) is 1. The van der Waals surface area contributed by atoms with Crippen LogP contribution in [-0.4, -0.2) is 6.54 Å². The molecule has 0 amide bonds. The molecule has 0 fully saturated rings. The summed E-state index contributed by atoms with van der Waals surface area (Å²) in [6.45, 7) is 9.50. The Hall–Kier alpha value is -1.26. The van der Waals surface area contributed by atoms with Crippen molar-refractivity contribution >= 4 is 0 Å². The van der Waals surface area contributed by atoms with Crippen LogP contribution in [0.3, 0.4) is 0 Å². The smallest absolute Gasteiger partial charge is 0.0314 e. The quantitative estimate of drug-likeness (QED) is 0.787. The van der Waals surface area contributed by atoms with Crippen LogP contribution in [0.25, 0.3) is 0 Å². The van der Waals surface area contributed by atoms with Crippen LogP contribution in [0.2, 0.25) is 0 Å². The molecule has 0 radical (unpaired) electrons. The van der Waals surface area contributed by atoms with Crippen LogP contribution >= 0.6 is 0 Å². The van der Waals surface area contributed by atoms with Crippen molar-refractivity contribution in [1.82, 2.24) is 0 Å². The normalized spacial score (nSPS) is 10.5. The Bertz CT molecular complexity index is 393. The summed E-state index contributed by atoms with van der Waals surface area (Å²) in [4.78, 5) is 0. The second kappa shape index (κ2) is 6.47. The Morgan fingerprint density at radius 2 is 1.59 bits per heavy atom. The summed E-state index contributed by atoms with van der Waals surface area (Å²) in [6, 6.07) is 6.50. The van der Waals surface area contributed by atoms with E-state index in [2.05, 4.69) is 57.7 Å². The Balaban J connectivity index is 3.25. The molecule has 0 saturated heterocycles. The van der Waals surface area contributed by atoms with Crippen molar-refractivity contribution < 1.29 is 0 Å². The summed E-state index contributed by atoms with van der Waals surface area (Å²) < 4.78 is 0. The lowest BCUT2D eigenvalue weighted by Crippen LogP contribution is -2.00. The zero-order valence-corrected chi connectivity index (χ0v) is 11.4. The van der Waals surface area contributed by atoms with Crippen molar-refractivity contribution in [1.29, 1.82) is 0 Å². The molecule has 2 N–H and O–H groups in total. The monoisotopic (exact) mass is 229 g/mol. The molecule has 92 valence electrons. The molecule has 0 aromatic heterocycles. The average Bonchev–Trinajstić information content (AvgIpc) is 2.28. The van der Waals surface area contributed by atoms with Gasteiger partial charge in [0.1, 0.15) is 0 Å². The van der Waals surface area contributed by atoms with Crippen molar-refractivity contribution in [3.63, 3.8) is 0 Å². The lowest BCUT2D eigenvalue weighted by molar-refractivity contribution is 0.828. The highest BCUT2D eigenvalue weighted by atomic mass is 14.5. The first-order valence-electron chi connectivity index (χ1n) is 6.39. The summed E-state index contributed by atoms with van der Waals surface area (Å²) >= 11 is 0. The third-order valence-electron chi connectivity index (χ3n) is 2.86. The summed E-state index contributed by atoms with van der Waals surface area (Å²) in [5.41, 5.74) is 9.40. The van der Waals surface area contributed by atoms with E-state index in [0.717, 1.165) is 6.42 Å². The predicted octanol–water partition coefficient (Wildman–Crippen LogP) is 3.63. The summed E-state index contributed by atoms with van der Waals surface area (Å²) in [5.74, 6) is 7.50. The molecule has 0 aliphatic carbocycles. The first-order chi connectivity index (χ1) is 8.07. The molecule has 1 aromatic rings. The Kier molecular flexibility index (Phi) is 5.25. The molecule has 0 aliphatic heterocycles. The predicted molar refractivity (Wildman–Crippen MR) is 75.2 cm³/mol. The Labute approximate surface area is 105 Å². The van der Waals surface area contributed by atoms with E-state index in [0.29, 0.717) is 18.4 Å². The molecule has 0 bridgehead atoms. The van der Waals surface area contributed by atoms with Gasteiger partial charge in [-0.25, -0.2) is 0 Å². The molecule has 1 rings (SSSR count). The molecule has 0 aliphatic rings. The maximum absolute atomic E-state index is 5.49. The van der Waals surface area contributed by atoms with E-state index in [4.69, 9.17) is 5.73 Å². The third kappa shape index (κ3) is 3.61. The molecule has 1 nitrogen and oxygen atoms in total. The van der Waals surface area contributed by atoms with Gasteiger partial charge in [0.25, 0.3) is 0 Å². The number of hydrogen-bond donors (Lipinski definition) is 1. The van der Waals surface area contributed by atoms with Crippen LogP contribution in [0, 0.1) is 11.8 Å². The summed E-state index contributed by atoms with van der Waals surface area (Å²) in [7, 11) is 0. The molecule has 1 aromatic carbocycles. The molecular formula is C16H23N. The van der Waals surface area contributed by atoms with Gasteiger partial charge in [0, 0.05) is 18.5 Å². The van der Waals surface area contributed by atoms with Crippen LogP contribution in [-0.2, 0) is 0 Å². The molecule has 0 saturated carbocycles. The largest absolute Gasteiger partial charge is 0.330 e. The van der Waals surface area contributed by atoms with Crippen molar-refractivity contribution in [3.8, 4) is 11.8 Å². The first kappa shape index (κ1) is 13.8. The van der Waals surface area contributed by atoms with Crippen molar-refractivity contribution in [2.75, 3.05) is 6.54 Å². The van der Waals surface area contributed by atoms with E-state index in [1.54, 1.807) is 0 Å². The minimum absolute atomic E-state index is 0.510. The van der Waals surface area contributed by atoms with E-state index in [-0.39, 0.29) is 0 Å². The maximum atomic E-state index is 5.49. The molecule has 1 heteroatoms. The highest BCUT2D eigenvalue weighted by molar-refractivity contribution is 5.49. The highest BCUT2D eigenvalue weighted by Crippen LogP contribution is 2.26. The number of rotatable bonds is 3. The third-order valence-corrected chi connectivity index (χ3v) is 2.86. The van der Waals surface area contributed by atoms with Gasteiger partial charge >= 0.3 is 0 Å². The number of hydrogen-bond acceptors (Lipinski definition) is 1. The molecule has 0 atom stereocenters. The van der Waals surface area contributed by atoms with Gasteiger partial charge in [-0.1, -0.05) is 57.7 Å². The Morgan fingerprint density at radius 1 is 1.06 bits per heavy atom. The summed E-state index contributed by atoms with van der Waals surface area (Å²) in [6.07, 6.45) is 0.768. The second-order valence-corrected chi connectivity index (χ2v) is 4.96. The van der Waals surface area contributed by atoms with E-state index >= 15 is 0 Å². The lowest BCUT2D eigenvalue weighted by atomic mass is 9.89. The fourth-order valence-electron chi connectivity index (χ4n) is 1.92. The van der Waals surface area contributed by atoms with E-state index in [1.807, 2.05) is 0 Å². The van der Waals surface area contributed by atoms with Gasteiger partial charge in [0.15, 0.2) is 0 Å². The van der Waals surface area contributed by atoms with Gasteiger partial charge in [-0.3, -0.25) is 0 Å². The van der Waals surface area contributed by atoms with Gasteiger partial charge in [0.05, 0.1) is 0 Å². The van der Waals surface area contributed by atoms with E-state index in [9.17, 15) is 0 Å². The lowest BCUT2D eigenvalue weighted by Gasteiger charge is -2.15. The van der Waals surface area contributed by atoms with Gasteiger partial charge in [-0.05, 0) is 23.0 Å². The van der Waals surface area contributed by atoms with Crippen LogP contribution in [0.5, 0.6) is 0 Å². The van der Waals surface area contributed by atoms with E-state index < -0.39 is 0 Å². The van der Waals surface area contributed by atoms with Crippen LogP contribution in [0.1, 0.15) is 62.6 Å². The zero-order valence-electron chi connectivity index (χ0n) is 11.4. The minimum atomic E-state index is 0.510. The number of benzene rings is 1. The van der Waals surface area contributed by atoms with Gasteiger partial charge in [-0.15, -0.1) is 0 Å². The van der Waals surface area contributed by atoms with Crippen molar-refractivity contribution in [2.24, 2.45) is 5.73 Å². The topological polar surface area (TPSA) is 26.0 Å². The fraction of sp³-hybridized carbons (Fsp3) is 0.500. The molecule has 0 unspecified atom stereocenters. The maximum Gasteiger partial charge on any atom is 0.0314 e. The minimum Gasteiger partial charge on any atom is -0.330 e. The molecule has 0 heterocycles. The highest BCUT2D eigenvalue weighted by Gasteiger charge is 2.11. The van der Waals surface area contributed by atoms with Crippen LogP contribution in [0.4, 0.5) is 0 Å². The van der Waals surface area contributed by atoms with Crippen LogP contribution < -0.4 is 5.73 Å². The average molecular weight is 229 g/mol. The second-order valence-electron chi connectivity index (χ2n) is 4.96. The van der Waals surface area contributed by atoms with Crippen molar-refractivity contribution in [3.05, 3.63) is 34.9 Å². The molecule has 17 heavy (non-hydrogen) atoms. The van der Waals surface area contributed by atoms with Gasteiger partial charge < -0.3 is 5.73 Å². The summed E-state index contributed by atoms with van der Waals surface area (Å²) in [5, 5.41) is 0. The standard InChI is InChI=1S/C16H23N/c1-12(2)14-9-7-10-15(13(3)4)16(14)8-5-6-11-17/h7,9-10,12-13H,6,11,17H2,1-4H3. The van der Waals surface area contributed by atoms with Gasteiger partial charge in [-0.2, -0.15) is 0 Å².